The van der Waals surface area contributed by atoms with E-state index >= 15 is 0 Å². The lowest BCUT2D eigenvalue weighted by Crippen LogP contribution is -2.46. The van der Waals surface area contributed by atoms with Crippen LogP contribution >= 0.6 is 23.2 Å². The van der Waals surface area contributed by atoms with Gasteiger partial charge in [-0.1, -0.05) is 35.3 Å². The molecule has 234 valence electrons. The Morgan fingerprint density at radius 3 is 2.47 bits per heavy atom. The fraction of sp³-hybridized carbons (Fsp3) is 0.364. The van der Waals surface area contributed by atoms with Crippen molar-refractivity contribution in [2.45, 2.75) is 39.2 Å². The number of aromatic nitrogens is 4. The van der Waals surface area contributed by atoms with Crippen LogP contribution in [-0.2, 0) is 21.8 Å². The molecule has 2 aliphatic rings. The van der Waals surface area contributed by atoms with Gasteiger partial charge in [-0.2, -0.15) is 10.1 Å². The fourth-order valence-corrected chi connectivity index (χ4v) is 6.67. The quantitative estimate of drug-likeness (QED) is 0.191. The van der Waals surface area contributed by atoms with Crippen LogP contribution in [0.3, 0.4) is 0 Å². The molecule has 0 saturated carbocycles. The van der Waals surface area contributed by atoms with E-state index in [0.717, 1.165) is 54.2 Å². The first-order valence-electron chi connectivity index (χ1n) is 15.0. The Morgan fingerprint density at radius 2 is 1.73 bits per heavy atom. The summed E-state index contributed by atoms with van der Waals surface area (Å²) in [5, 5.41) is 5.24. The van der Waals surface area contributed by atoms with Crippen molar-refractivity contribution in [3.05, 3.63) is 93.5 Å². The van der Waals surface area contributed by atoms with Gasteiger partial charge in [0.2, 0.25) is 5.79 Å². The molecule has 0 radical (unpaired) electrons. The largest absolute Gasteiger partial charge is 0.490 e. The van der Waals surface area contributed by atoms with Crippen molar-refractivity contribution in [1.29, 1.82) is 0 Å². The summed E-state index contributed by atoms with van der Waals surface area (Å²) in [6, 6.07) is 16.4. The van der Waals surface area contributed by atoms with Gasteiger partial charge in [-0.15, -0.1) is 0 Å². The van der Waals surface area contributed by atoms with Crippen LogP contribution in [0.1, 0.15) is 22.3 Å². The van der Waals surface area contributed by atoms with E-state index in [2.05, 4.69) is 58.9 Å². The van der Waals surface area contributed by atoms with Crippen molar-refractivity contribution in [1.82, 2.24) is 19.7 Å². The summed E-state index contributed by atoms with van der Waals surface area (Å²) >= 11 is 12.8. The molecule has 10 nitrogen and oxygen atoms in total. The smallest absolute Gasteiger partial charge is 0.298 e. The van der Waals surface area contributed by atoms with Gasteiger partial charge >= 0.3 is 0 Å². The molecule has 0 N–H and O–H groups in total. The summed E-state index contributed by atoms with van der Waals surface area (Å²) in [5.41, 5.74) is 6.88. The van der Waals surface area contributed by atoms with Crippen molar-refractivity contribution in [3.63, 3.8) is 0 Å². The monoisotopic (exact) mass is 648 g/mol. The van der Waals surface area contributed by atoms with Gasteiger partial charge in [-0.05, 0) is 73.9 Å². The van der Waals surface area contributed by atoms with Crippen LogP contribution in [0.15, 0.2) is 65.6 Å². The van der Waals surface area contributed by atoms with Crippen LogP contribution in [-0.4, -0.2) is 65.2 Å². The number of oxazole rings is 1. The summed E-state index contributed by atoms with van der Waals surface area (Å²) in [7, 11) is 0. The highest BCUT2D eigenvalue weighted by atomic mass is 35.5. The average Bonchev–Trinajstić information content (AvgIpc) is 3.77. The van der Waals surface area contributed by atoms with Gasteiger partial charge in [-0.3, -0.25) is 0 Å². The Morgan fingerprint density at radius 1 is 0.956 bits per heavy atom. The Kier molecular flexibility index (Phi) is 8.07. The second-order valence-corrected chi connectivity index (χ2v) is 12.5. The topological polar surface area (TPSA) is 90.9 Å². The highest BCUT2D eigenvalue weighted by Crippen LogP contribution is 2.41. The third kappa shape index (κ3) is 6.07. The Hall–Kier alpha value is -3.83. The number of aryl methyl sites for hydroxylation is 3. The number of hydrogen-bond donors (Lipinski definition) is 0. The SMILES string of the molecule is Cc1ccc2oc(N3CCN(c4cc(C)c(OCC5COC(Cn6cncn6)(c6ccc(Cl)cc6Cl)O5)c(C)c4)CC3)nc2c1. The minimum absolute atomic E-state index is 0.275. The lowest BCUT2D eigenvalue weighted by Gasteiger charge is -2.35. The van der Waals surface area contributed by atoms with Crippen molar-refractivity contribution in [2.24, 2.45) is 0 Å². The van der Waals surface area contributed by atoms with Gasteiger partial charge < -0.3 is 28.4 Å². The Bertz CT molecular complexity index is 1800. The predicted molar refractivity (Wildman–Crippen MR) is 174 cm³/mol. The van der Waals surface area contributed by atoms with Crippen LogP contribution in [0, 0.1) is 20.8 Å². The number of piperazine rings is 1. The number of anilines is 2. The van der Waals surface area contributed by atoms with E-state index < -0.39 is 5.79 Å². The third-order valence-electron chi connectivity index (χ3n) is 8.34. The highest BCUT2D eigenvalue weighted by molar-refractivity contribution is 6.35. The number of ether oxygens (including phenoxy) is 3. The van der Waals surface area contributed by atoms with Crippen molar-refractivity contribution in [2.75, 3.05) is 49.2 Å². The first kappa shape index (κ1) is 29.9. The lowest BCUT2D eigenvalue weighted by molar-refractivity contribution is -0.190. The number of halogens is 2. The zero-order valence-corrected chi connectivity index (χ0v) is 26.9. The molecule has 0 amide bonds. The van der Waals surface area contributed by atoms with E-state index in [1.807, 2.05) is 18.2 Å². The standard InChI is InChI=1S/C33H34Cl2N6O4/c1-21-4-7-30-29(12-21)38-32(44-30)40-10-8-39(9-11-40)25-13-22(2)31(23(3)14-25)42-16-26-17-43-33(45-26,18-41-20-36-19-37-41)27-6-5-24(34)15-28(27)35/h4-7,12-15,19-20,26H,8-11,16-18H2,1-3H3. The maximum absolute atomic E-state index is 6.61. The van der Waals surface area contributed by atoms with Gasteiger partial charge in [-0.25, -0.2) is 9.67 Å². The van der Waals surface area contributed by atoms with E-state index in [0.29, 0.717) is 34.8 Å². The summed E-state index contributed by atoms with van der Waals surface area (Å²) in [5.74, 6) is -0.308. The zero-order valence-electron chi connectivity index (χ0n) is 25.4. The Labute approximate surface area is 271 Å². The van der Waals surface area contributed by atoms with Crippen molar-refractivity contribution < 1.29 is 18.6 Å². The molecule has 0 aliphatic carbocycles. The zero-order chi connectivity index (χ0) is 31.1. The molecule has 7 rings (SSSR count). The molecule has 3 aromatic carbocycles. The maximum Gasteiger partial charge on any atom is 0.298 e. The Balaban J connectivity index is 1.00. The molecule has 12 heteroatoms. The van der Waals surface area contributed by atoms with Crippen LogP contribution in [0.5, 0.6) is 5.75 Å². The van der Waals surface area contributed by atoms with E-state index in [-0.39, 0.29) is 12.6 Å². The van der Waals surface area contributed by atoms with Gasteiger partial charge in [0.25, 0.3) is 6.01 Å². The highest BCUT2D eigenvalue weighted by Gasteiger charge is 2.45. The molecular weight excluding hydrogens is 615 g/mol. The van der Waals surface area contributed by atoms with Crippen molar-refractivity contribution in [3.8, 4) is 5.75 Å². The van der Waals surface area contributed by atoms with Crippen LogP contribution in [0.25, 0.3) is 11.1 Å². The third-order valence-corrected chi connectivity index (χ3v) is 8.89. The summed E-state index contributed by atoms with van der Waals surface area (Å²) in [6.45, 7) is 10.5. The molecule has 5 aromatic rings. The van der Waals surface area contributed by atoms with Gasteiger partial charge in [0.05, 0.1) is 11.6 Å². The van der Waals surface area contributed by atoms with E-state index in [1.165, 1.54) is 17.6 Å². The maximum atomic E-state index is 6.61. The van der Waals surface area contributed by atoms with Crippen LogP contribution in [0.2, 0.25) is 10.0 Å². The first-order chi connectivity index (χ1) is 21.8. The molecule has 2 unspecified atom stereocenters. The molecule has 2 saturated heterocycles. The van der Waals surface area contributed by atoms with Crippen LogP contribution < -0.4 is 14.5 Å². The van der Waals surface area contributed by atoms with E-state index in [9.17, 15) is 0 Å². The van der Waals surface area contributed by atoms with Crippen molar-refractivity contribution >= 4 is 46.0 Å². The normalized spacial score (nSPS) is 20.3. The molecular formula is C33H34Cl2N6O4. The number of rotatable bonds is 8. The molecule has 2 atom stereocenters. The van der Waals surface area contributed by atoms with Crippen LogP contribution in [0.4, 0.5) is 11.7 Å². The molecule has 2 fully saturated rings. The minimum atomic E-state index is -1.16. The molecule has 4 heterocycles. The molecule has 0 spiro atoms. The molecule has 45 heavy (non-hydrogen) atoms. The van der Waals surface area contributed by atoms with Gasteiger partial charge in [0, 0.05) is 42.5 Å². The van der Waals surface area contributed by atoms with Gasteiger partial charge in [0.15, 0.2) is 5.58 Å². The molecule has 2 aliphatic heterocycles. The van der Waals surface area contributed by atoms with E-state index in [1.54, 1.807) is 23.1 Å². The second-order valence-electron chi connectivity index (χ2n) is 11.7. The number of benzene rings is 3. The number of hydrogen-bond acceptors (Lipinski definition) is 9. The lowest BCUT2D eigenvalue weighted by atomic mass is 10.1. The summed E-state index contributed by atoms with van der Waals surface area (Å²) < 4.78 is 26.9. The average molecular weight is 650 g/mol. The molecule has 0 bridgehead atoms. The van der Waals surface area contributed by atoms with E-state index in [4.69, 9.17) is 46.8 Å². The minimum Gasteiger partial charge on any atom is -0.490 e. The molecule has 2 aromatic heterocycles. The summed E-state index contributed by atoms with van der Waals surface area (Å²) in [4.78, 5) is 13.4. The summed E-state index contributed by atoms with van der Waals surface area (Å²) in [6.07, 6.45) is 2.76. The number of fused-ring (bicyclic) bond motifs is 1. The first-order valence-corrected chi connectivity index (χ1v) is 15.7. The second kappa shape index (κ2) is 12.2. The number of nitrogens with zero attached hydrogens (tertiary/aromatic N) is 6. The predicted octanol–water partition coefficient (Wildman–Crippen LogP) is 6.33. The fourth-order valence-electron chi connectivity index (χ4n) is 6.11. The van der Waals surface area contributed by atoms with Gasteiger partial charge in [0.1, 0.15) is 43.2 Å².